The summed E-state index contributed by atoms with van der Waals surface area (Å²) in [4.78, 5) is 34.9. The normalized spacial score (nSPS) is 13.4. The minimum absolute atomic E-state index is 0.130. The minimum atomic E-state index is -1.21. The molecule has 1 heterocycles. The lowest BCUT2D eigenvalue weighted by atomic mass is 10.2. The average molecular weight is 407 g/mol. The summed E-state index contributed by atoms with van der Waals surface area (Å²) in [6.45, 7) is 2.19. The first-order chi connectivity index (χ1) is 13.3. The van der Waals surface area contributed by atoms with Crippen molar-refractivity contribution in [2.75, 3.05) is 18.5 Å². The van der Waals surface area contributed by atoms with E-state index in [0.717, 1.165) is 12.1 Å². The van der Waals surface area contributed by atoms with Gasteiger partial charge in [0.2, 0.25) is 0 Å². The van der Waals surface area contributed by atoms with E-state index >= 15 is 0 Å². The van der Waals surface area contributed by atoms with Crippen LogP contribution in [0, 0.1) is 10.1 Å². The summed E-state index contributed by atoms with van der Waals surface area (Å²) >= 11 is 5.80. The van der Waals surface area contributed by atoms with E-state index in [4.69, 9.17) is 25.8 Å². The molecule has 2 aromatic rings. The third-order valence-corrected chi connectivity index (χ3v) is 4.07. The number of nitrogens with zero attached hydrogens (tertiary/aromatic N) is 1. The predicted octanol–water partition coefficient (Wildman–Crippen LogP) is 3.20. The van der Waals surface area contributed by atoms with E-state index in [2.05, 4.69) is 5.32 Å². The Kier molecular flexibility index (Phi) is 5.65. The van der Waals surface area contributed by atoms with Gasteiger partial charge in [-0.3, -0.25) is 14.9 Å². The highest BCUT2D eigenvalue weighted by Gasteiger charge is 2.26. The molecule has 2 aromatic carbocycles. The third-order valence-electron chi connectivity index (χ3n) is 3.84. The molecule has 0 aliphatic carbocycles. The standard InChI is InChI=1S/C18H15ClN2O7/c1-10(28-18(23)13-8-11(19)2-4-14(13)21(24)25)17(22)20-12-3-5-15-16(9-12)27-7-6-26-15/h2-5,8-10H,6-7H2,1H3,(H,20,22)/t10-/m1/s1. The van der Waals surface area contributed by atoms with Crippen LogP contribution in [0.2, 0.25) is 5.02 Å². The van der Waals surface area contributed by atoms with Crippen LogP contribution in [0.25, 0.3) is 0 Å². The largest absolute Gasteiger partial charge is 0.486 e. The number of benzene rings is 2. The van der Waals surface area contributed by atoms with E-state index in [1.807, 2.05) is 0 Å². The van der Waals surface area contributed by atoms with Crippen molar-refractivity contribution < 1.29 is 28.7 Å². The maximum Gasteiger partial charge on any atom is 0.345 e. The lowest BCUT2D eigenvalue weighted by Crippen LogP contribution is -2.30. The Labute approximate surface area is 164 Å². The first-order valence-corrected chi connectivity index (χ1v) is 8.58. The third kappa shape index (κ3) is 4.32. The molecule has 3 rings (SSSR count). The molecule has 10 heteroatoms. The van der Waals surface area contributed by atoms with Gasteiger partial charge in [0.1, 0.15) is 18.8 Å². The number of nitro benzene ring substituents is 1. The van der Waals surface area contributed by atoms with Gasteiger partial charge in [0.25, 0.3) is 11.6 Å². The van der Waals surface area contributed by atoms with Gasteiger partial charge in [-0.15, -0.1) is 0 Å². The van der Waals surface area contributed by atoms with Crippen molar-refractivity contribution in [2.45, 2.75) is 13.0 Å². The van der Waals surface area contributed by atoms with Crippen LogP contribution >= 0.6 is 11.6 Å². The average Bonchev–Trinajstić information content (AvgIpc) is 2.67. The molecule has 28 heavy (non-hydrogen) atoms. The first kappa shape index (κ1) is 19.4. The summed E-state index contributed by atoms with van der Waals surface area (Å²) in [5.41, 5.74) is -0.379. The van der Waals surface area contributed by atoms with Gasteiger partial charge in [0, 0.05) is 22.8 Å². The van der Waals surface area contributed by atoms with E-state index in [0.29, 0.717) is 30.4 Å². The summed E-state index contributed by atoms with van der Waals surface area (Å²) in [7, 11) is 0. The number of ether oxygens (including phenoxy) is 3. The number of hydrogen-bond acceptors (Lipinski definition) is 7. The van der Waals surface area contributed by atoms with Crippen molar-refractivity contribution >= 4 is 34.9 Å². The maximum absolute atomic E-state index is 12.3. The predicted molar refractivity (Wildman–Crippen MR) is 99.0 cm³/mol. The molecule has 9 nitrogen and oxygen atoms in total. The summed E-state index contributed by atoms with van der Waals surface area (Å²) in [5.74, 6) is -0.589. The van der Waals surface area contributed by atoms with Crippen molar-refractivity contribution in [3.8, 4) is 11.5 Å². The number of esters is 1. The van der Waals surface area contributed by atoms with Crippen molar-refractivity contribution in [3.05, 3.63) is 57.1 Å². The van der Waals surface area contributed by atoms with Gasteiger partial charge < -0.3 is 19.5 Å². The van der Waals surface area contributed by atoms with Crippen LogP contribution in [0.5, 0.6) is 11.5 Å². The fourth-order valence-corrected chi connectivity index (χ4v) is 2.65. The highest BCUT2D eigenvalue weighted by atomic mass is 35.5. The van der Waals surface area contributed by atoms with Crippen LogP contribution in [0.1, 0.15) is 17.3 Å². The van der Waals surface area contributed by atoms with Crippen molar-refractivity contribution in [1.82, 2.24) is 0 Å². The molecule has 1 amide bonds. The molecule has 0 saturated carbocycles. The molecule has 146 valence electrons. The molecule has 0 aromatic heterocycles. The fourth-order valence-electron chi connectivity index (χ4n) is 2.47. The Hall–Kier alpha value is -3.33. The summed E-state index contributed by atoms with van der Waals surface area (Å²) in [6.07, 6.45) is -1.21. The van der Waals surface area contributed by atoms with Crippen molar-refractivity contribution in [3.63, 3.8) is 0 Å². The monoisotopic (exact) mass is 406 g/mol. The zero-order valence-electron chi connectivity index (χ0n) is 14.6. The highest BCUT2D eigenvalue weighted by Crippen LogP contribution is 2.32. The van der Waals surface area contributed by atoms with Crippen molar-refractivity contribution in [2.24, 2.45) is 0 Å². The molecule has 0 saturated heterocycles. The minimum Gasteiger partial charge on any atom is -0.486 e. The molecule has 1 aliphatic heterocycles. The maximum atomic E-state index is 12.3. The van der Waals surface area contributed by atoms with Gasteiger partial charge in [-0.2, -0.15) is 0 Å². The van der Waals surface area contributed by atoms with E-state index in [1.165, 1.54) is 13.0 Å². The smallest absolute Gasteiger partial charge is 0.345 e. The first-order valence-electron chi connectivity index (χ1n) is 8.20. The van der Waals surface area contributed by atoms with Gasteiger partial charge in [0.15, 0.2) is 17.6 Å². The van der Waals surface area contributed by atoms with Gasteiger partial charge in [-0.1, -0.05) is 11.6 Å². The molecule has 0 unspecified atom stereocenters. The number of fused-ring (bicyclic) bond motifs is 1. The second-order valence-corrected chi connectivity index (χ2v) is 6.25. The van der Waals surface area contributed by atoms with Crippen LogP contribution in [0.3, 0.4) is 0 Å². The number of rotatable bonds is 5. The Bertz CT molecular complexity index is 948. The van der Waals surface area contributed by atoms with Gasteiger partial charge in [-0.25, -0.2) is 4.79 Å². The molecule has 1 atom stereocenters. The van der Waals surface area contributed by atoms with E-state index in [9.17, 15) is 19.7 Å². The zero-order chi connectivity index (χ0) is 20.3. The summed E-state index contributed by atoms with van der Waals surface area (Å²) in [6, 6.07) is 8.35. The van der Waals surface area contributed by atoms with Crippen LogP contribution < -0.4 is 14.8 Å². The van der Waals surface area contributed by atoms with Gasteiger partial charge >= 0.3 is 5.97 Å². The molecular weight excluding hydrogens is 392 g/mol. The number of amides is 1. The Morgan fingerprint density at radius 3 is 2.61 bits per heavy atom. The van der Waals surface area contributed by atoms with Crippen LogP contribution in [0.15, 0.2) is 36.4 Å². The van der Waals surface area contributed by atoms with Crippen LogP contribution in [-0.4, -0.2) is 36.1 Å². The van der Waals surface area contributed by atoms with E-state index in [-0.39, 0.29) is 10.6 Å². The number of nitro groups is 1. The Morgan fingerprint density at radius 2 is 1.89 bits per heavy atom. The van der Waals surface area contributed by atoms with Crippen LogP contribution in [0.4, 0.5) is 11.4 Å². The molecule has 0 bridgehead atoms. The lowest BCUT2D eigenvalue weighted by molar-refractivity contribution is -0.385. The number of halogens is 1. The molecule has 1 N–H and O–H groups in total. The van der Waals surface area contributed by atoms with Gasteiger partial charge in [-0.05, 0) is 31.2 Å². The van der Waals surface area contributed by atoms with E-state index < -0.39 is 28.6 Å². The van der Waals surface area contributed by atoms with E-state index in [1.54, 1.807) is 18.2 Å². The highest BCUT2D eigenvalue weighted by molar-refractivity contribution is 6.31. The van der Waals surface area contributed by atoms with Crippen molar-refractivity contribution in [1.29, 1.82) is 0 Å². The number of carbonyl (C=O) groups is 2. The fraction of sp³-hybridized carbons (Fsp3) is 0.222. The van der Waals surface area contributed by atoms with Crippen LogP contribution in [-0.2, 0) is 9.53 Å². The summed E-state index contributed by atoms with van der Waals surface area (Å²) in [5, 5.41) is 13.8. The number of hydrogen-bond donors (Lipinski definition) is 1. The SMILES string of the molecule is C[C@@H](OC(=O)c1cc(Cl)ccc1[N+](=O)[O-])C(=O)Nc1ccc2c(c1)OCCO2. The quantitative estimate of drug-likeness (QED) is 0.460. The molecule has 0 spiro atoms. The zero-order valence-corrected chi connectivity index (χ0v) is 15.4. The second kappa shape index (κ2) is 8.13. The van der Waals surface area contributed by atoms with Gasteiger partial charge in [0.05, 0.1) is 4.92 Å². The second-order valence-electron chi connectivity index (χ2n) is 5.81. The summed E-state index contributed by atoms with van der Waals surface area (Å²) < 4.78 is 15.9. The molecule has 0 fully saturated rings. The molecular formula is C18H15ClN2O7. The topological polar surface area (TPSA) is 117 Å². The molecule has 0 radical (unpaired) electrons. The Balaban J connectivity index is 1.68. The molecule has 1 aliphatic rings. The number of anilines is 1. The lowest BCUT2D eigenvalue weighted by Gasteiger charge is -2.19. The number of nitrogens with one attached hydrogen (secondary N) is 1. The number of carbonyl (C=O) groups excluding carboxylic acids is 2. The Morgan fingerprint density at radius 1 is 1.18 bits per heavy atom.